The number of hydrogen-bond donors (Lipinski definition) is 1. The first-order chi connectivity index (χ1) is 7.72. The number of carbonyl (C=O) groups is 1. The number of nitrogens with zero attached hydrogens (tertiary/aromatic N) is 2. The second-order valence-corrected chi connectivity index (χ2v) is 3.12. The molecule has 0 aliphatic carbocycles. The van der Waals surface area contributed by atoms with Crippen molar-refractivity contribution in [3.05, 3.63) is 40.1 Å². The van der Waals surface area contributed by atoms with Crippen LogP contribution in [0.15, 0.2) is 24.4 Å². The van der Waals surface area contributed by atoms with Gasteiger partial charge in [0.15, 0.2) is 0 Å². The van der Waals surface area contributed by atoms with Crippen LogP contribution in [0.4, 0.5) is 5.69 Å². The van der Waals surface area contributed by atoms with Gasteiger partial charge in [-0.2, -0.15) is 5.10 Å². The molecule has 2 aromatic rings. The second-order valence-electron chi connectivity index (χ2n) is 3.12. The summed E-state index contributed by atoms with van der Waals surface area (Å²) < 4.78 is 0. The van der Waals surface area contributed by atoms with Gasteiger partial charge in [-0.05, 0) is 17.7 Å². The number of H-pyrrole nitrogens is 1. The summed E-state index contributed by atoms with van der Waals surface area (Å²) in [6.07, 6.45) is 4.80. The fraction of sp³-hybridized carbons (Fsp3) is 0. The number of nitrogens with one attached hydrogen (secondary N) is 1. The molecule has 0 amide bonds. The van der Waals surface area contributed by atoms with E-state index in [1.54, 1.807) is 6.07 Å². The van der Waals surface area contributed by atoms with Crippen molar-refractivity contribution < 1.29 is 9.72 Å². The minimum atomic E-state index is -0.476. The highest BCUT2D eigenvalue weighted by atomic mass is 16.6. The van der Waals surface area contributed by atoms with E-state index >= 15 is 0 Å². The van der Waals surface area contributed by atoms with Gasteiger partial charge in [0.25, 0.3) is 5.69 Å². The summed E-state index contributed by atoms with van der Waals surface area (Å²) in [6.45, 7) is 0. The van der Waals surface area contributed by atoms with E-state index in [1.165, 1.54) is 24.4 Å². The normalized spacial score (nSPS) is 11.0. The Kier molecular flexibility index (Phi) is 2.47. The number of nitro benzene ring substituents is 1. The fourth-order valence-electron chi connectivity index (χ4n) is 1.45. The van der Waals surface area contributed by atoms with Gasteiger partial charge in [0.2, 0.25) is 0 Å². The number of nitro groups is 1. The van der Waals surface area contributed by atoms with Crippen LogP contribution in [0.3, 0.4) is 0 Å². The molecule has 0 aliphatic heterocycles. The first kappa shape index (κ1) is 10.0. The molecular formula is C10H7N3O3. The summed E-state index contributed by atoms with van der Waals surface area (Å²) in [5.41, 5.74) is 1.12. The summed E-state index contributed by atoms with van der Waals surface area (Å²) in [5, 5.41) is 17.7. The number of fused-ring (bicyclic) bond motifs is 1. The lowest BCUT2D eigenvalue weighted by atomic mass is 10.1. The van der Waals surface area contributed by atoms with Crippen LogP contribution in [0.25, 0.3) is 17.0 Å². The minimum absolute atomic E-state index is 0.0307. The lowest BCUT2D eigenvalue weighted by Gasteiger charge is -1.96. The molecule has 0 saturated heterocycles. The van der Waals surface area contributed by atoms with E-state index in [4.69, 9.17) is 0 Å². The molecule has 0 aliphatic rings. The van der Waals surface area contributed by atoms with Crippen molar-refractivity contribution in [1.29, 1.82) is 0 Å². The average Bonchev–Trinajstić information content (AvgIpc) is 2.72. The van der Waals surface area contributed by atoms with Gasteiger partial charge in [0.05, 0.1) is 22.0 Å². The minimum Gasteiger partial charge on any atom is -0.299 e. The zero-order chi connectivity index (χ0) is 11.5. The molecule has 0 unspecified atom stereocenters. The number of aldehydes is 1. The number of rotatable bonds is 3. The van der Waals surface area contributed by atoms with Gasteiger partial charge in [-0.3, -0.25) is 20.0 Å². The number of hydrogen-bond acceptors (Lipinski definition) is 4. The van der Waals surface area contributed by atoms with Crippen LogP contribution in [-0.4, -0.2) is 21.4 Å². The van der Waals surface area contributed by atoms with Crippen LogP contribution in [0.1, 0.15) is 5.56 Å². The van der Waals surface area contributed by atoms with Crippen molar-refractivity contribution in [2.75, 3.05) is 0 Å². The van der Waals surface area contributed by atoms with E-state index in [1.807, 2.05) is 0 Å². The molecule has 6 heteroatoms. The quantitative estimate of drug-likeness (QED) is 0.366. The molecule has 0 saturated carbocycles. The SMILES string of the molecule is O=CC=Cc1cc([N+](=O)[O-])c2cn[nH]c2c1. The van der Waals surface area contributed by atoms with E-state index in [0.29, 0.717) is 22.8 Å². The number of aromatic amines is 1. The standard InChI is InChI=1S/C10H7N3O3/c14-3-1-2-7-4-9-8(6-11-12-9)10(5-7)13(15)16/h1-6H,(H,11,12). The van der Waals surface area contributed by atoms with E-state index < -0.39 is 4.92 Å². The highest BCUT2D eigenvalue weighted by molar-refractivity contribution is 5.90. The predicted octanol–water partition coefficient (Wildman–Crippen LogP) is 1.68. The van der Waals surface area contributed by atoms with Crippen LogP contribution < -0.4 is 0 Å². The molecule has 1 aromatic carbocycles. The maximum atomic E-state index is 10.8. The Hall–Kier alpha value is -2.50. The first-order valence-corrected chi connectivity index (χ1v) is 4.45. The van der Waals surface area contributed by atoms with Gasteiger partial charge in [-0.25, -0.2) is 0 Å². The Morgan fingerprint density at radius 3 is 2.94 bits per heavy atom. The highest BCUT2D eigenvalue weighted by Crippen LogP contribution is 2.26. The van der Waals surface area contributed by atoms with Crippen molar-refractivity contribution in [3.63, 3.8) is 0 Å². The van der Waals surface area contributed by atoms with Crippen LogP contribution >= 0.6 is 0 Å². The Bertz CT molecular complexity index is 586. The van der Waals surface area contributed by atoms with Gasteiger partial charge in [0.1, 0.15) is 6.29 Å². The maximum absolute atomic E-state index is 10.8. The third kappa shape index (κ3) is 1.68. The summed E-state index contributed by atoms with van der Waals surface area (Å²) in [7, 11) is 0. The van der Waals surface area contributed by atoms with Gasteiger partial charge in [0, 0.05) is 6.07 Å². The van der Waals surface area contributed by atoms with Crippen molar-refractivity contribution >= 4 is 29.0 Å². The molecule has 0 spiro atoms. The Labute approximate surface area is 89.7 Å². The smallest absolute Gasteiger partial charge is 0.280 e. The van der Waals surface area contributed by atoms with Crippen LogP contribution in [-0.2, 0) is 4.79 Å². The van der Waals surface area contributed by atoms with Gasteiger partial charge in [-0.15, -0.1) is 0 Å². The lowest BCUT2D eigenvalue weighted by Crippen LogP contribution is -1.89. The number of non-ortho nitro benzene ring substituents is 1. The van der Waals surface area contributed by atoms with Crippen molar-refractivity contribution in [1.82, 2.24) is 10.2 Å². The van der Waals surface area contributed by atoms with Gasteiger partial charge in [-0.1, -0.05) is 6.08 Å². The fourth-order valence-corrected chi connectivity index (χ4v) is 1.45. The predicted molar refractivity (Wildman–Crippen MR) is 57.8 cm³/mol. The molecule has 0 bridgehead atoms. The Morgan fingerprint density at radius 1 is 1.44 bits per heavy atom. The molecule has 16 heavy (non-hydrogen) atoms. The third-order valence-corrected chi connectivity index (χ3v) is 2.12. The molecule has 1 N–H and O–H groups in total. The van der Waals surface area contributed by atoms with E-state index in [9.17, 15) is 14.9 Å². The molecule has 1 aromatic heterocycles. The van der Waals surface area contributed by atoms with Crippen LogP contribution in [0.5, 0.6) is 0 Å². The van der Waals surface area contributed by atoms with Crippen molar-refractivity contribution in [2.45, 2.75) is 0 Å². The molecule has 0 fully saturated rings. The van der Waals surface area contributed by atoms with Crippen molar-refractivity contribution in [3.8, 4) is 0 Å². The Balaban J connectivity index is 2.66. The zero-order valence-electron chi connectivity index (χ0n) is 8.08. The summed E-state index contributed by atoms with van der Waals surface area (Å²) in [6, 6.07) is 3.09. The maximum Gasteiger partial charge on any atom is 0.280 e. The third-order valence-electron chi connectivity index (χ3n) is 2.12. The number of benzene rings is 1. The molecule has 1 heterocycles. The van der Waals surface area contributed by atoms with E-state index in [2.05, 4.69) is 10.2 Å². The summed E-state index contributed by atoms with van der Waals surface area (Å²) in [5.74, 6) is 0. The molecule has 6 nitrogen and oxygen atoms in total. The molecular weight excluding hydrogens is 210 g/mol. The number of aromatic nitrogens is 2. The summed E-state index contributed by atoms with van der Waals surface area (Å²) in [4.78, 5) is 20.5. The first-order valence-electron chi connectivity index (χ1n) is 4.45. The van der Waals surface area contributed by atoms with E-state index in [-0.39, 0.29) is 5.69 Å². The average molecular weight is 217 g/mol. The van der Waals surface area contributed by atoms with E-state index in [0.717, 1.165) is 0 Å². The molecule has 80 valence electrons. The highest BCUT2D eigenvalue weighted by Gasteiger charge is 2.14. The molecule has 0 radical (unpaired) electrons. The van der Waals surface area contributed by atoms with Crippen molar-refractivity contribution in [2.24, 2.45) is 0 Å². The topological polar surface area (TPSA) is 88.9 Å². The largest absolute Gasteiger partial charge is 0.299 e. The molecule has 2 rings (SSSR count). The number of carbonyl (C=O) groups excluding carboxylic acids is 1. The number of allylic oxidation sites excluding steroid dienone is 1. The van der Waals surface area contributed by atoms with Gasteiger partial charge >= 0.3 is 0 Å². The summed E-state index contributed by atoms with van der Waals surface area (Å²) >= 11 is 0. The lowest BCUT2D eigenvalue weighted by molar-refractivity contribution is -0.383. The molecule has 0 atom stereocenters. The van der Waals surface area contributed by atoms with Gasteiger partial charge < -0.3 is 0 Å². The van der Waals surface area contributed by atoms with Crippen LogP contribution in [0, 0.1) is 10.1 Å². The Morgan fingerprint density at radius 2 is 2.25 bits per heavy atom. The van der Waals surface area contributed by atoms with Crippen LogP contribution in [0.2, 0.25) is 0 Å². The second kappa shape index (κ2) is 3.93. The zero-order valence-corrected chi connectivity index (χ0v) is 8.08. The monoisotopic (exact) mass is 217 g/mol.